The normalized spacial score (nSPS) is 24.4. The van der Waals surface area contributed by atoms with Crippen molar-refractivity contribution >= 4 is 5.91 Å². The van der Waals surface area contributed by atoms with Crippen LogP contribution >= 0.6 is 0 Å². The number of allylic oxidation sites excluding steroid dienone is 5. The van der Waals surface area contributed by atoms with Gasteiger partial charge in [0.2, 0.25) is 0 Å². The van der Waals surface area contributed by atoms with Crippen LogP contribution in [0.25, 0.3) is 0 Å². The highest BCUT2D eigenvalue weighted by molar-refractivity contribution is 6.04. The summed E-state index contributed by atoms with van der Waals surface area (Å²) >= 11 is 0. The van der Waals surface area contributed by atoms with Crippen LogP contribution in [0, 0.1) is 6.92 Å². The minimum atomic E-state index is -0.604. The first-order valence-corrected chi connectivity index (χ1v) is 8.42. The molecule has 1 amide bonds. The molecule has 0 aliphatic carbocycles. The van der Waals surface area contributed by atoms with E-state index in [9.17, 15) is 4.79 Å². The van der Waals surface area contributed by atoms with Crippen molar-refractivity contribution < 1.29 is 4.79 Å². The zero-order valence-electron chi connectivity index (χ0n) is 15.5. The van der Waals surface area contributed by atoms with E-state index in [0.29, 0.717) is 0 Å². The van der Waals surface area contributed by atoms with Gasteiger partial charge >= 0.3 is 0 Å². The van der Waals surface area contributed by atoms with Crippen molar-refractivity contribution in [2.75, 3.05) is 0 Å². The molecule has 1 aliphatic heterocycles. The van der Waals surface area contributed by atoms with Gasteiger partial charge in [0.15, 0.2) is 0 Å². The summed E-state index contributed by atoms with van der Waals surface area (Å²) in [7, 11) is 0. The number of hydrogen-bond donors (Lipinski definition) is 1. The molecule has 1 aromatic carbocycles. The minimum absolute atomic E-state index is 0.0175. The van der Waals surface area contributed by atoms with Crippen molar-refractivity contribution in [3.8, 4) is 0 Å². The van der Waals surface area contributed by atoms with Crippen LogP contribution in [-0.4, -0.2) is 5.91 Å². The second-order valence-corrected chi connectivity index (χ2v) is 6.57. The molecule has 1 heterocycles. The molecule has 2 rings (SSSR count). The molecule has 0 spiro atoms. The number of nitrogens with one attached hydrogen (secondary N) is 1. The third-order valence-electron chi connectivity index (χ3n) is 4.56. The first kappa shape index (κ1) is 18.0. The zero-order chi connectivity index (χ0) is 17.9. The quantitative estimate of drug-likeness (QED) is 0.607. The predicted molar refractivity (Wildman–Crippen MR) is 102 cm³/mol. The molecular formula is C22H27NO. The first-order valence-electron chi connectivity index (χ1n) is 8.42. The highest BCUT2D eigenvalue weighted by Crippen LogP contribution is 2.44. The lowest BCUT2D eigenvalue weighted by Gasteiger charge is -2.33. The van der Waals surface area contributed by atoms with Crippen LogP contribution in [0.1, 0.15) is 45.7 Å². The summed E-state index contributed by atoms with van der Waals surface area (Å²) in [5.74, 6) is -0.0175. The van der Waals surface area contributed by atoms with E-state index in [4.69, 9.17) is 0 Å². The number of aryl methyl sites for hydroxylation is 1. The highest BCUT2D eigenvalue weighted by atomic mass is 16.2. The average molecular weight is 321 g/mol. The zero-order valence-corrected chi connectivity index (χ0v) is 15.5. The average Bonchev–Trinajstić information content (AvgIpc) is 2.85. The Morgan fingerprint density at radius 3 is 2.12 bits per heavy atom. The topological polar surface area (TPSA) is 29.1 Å². The lowest BCUT2D eigenvalue weighted by Crippen LogP contribution is -2.41. The van der Waals surface area contributed by atoms with Crippen molar-refractivity contribution in [1.29, 1.82) is 0 Å². The number of carbonyl (C=O) groups is 1. The van der Waals surface area contributed by atoms with Crippen LogP contribution in [0.5, 0.6) is 0 Å². The predicted octanol–water partition coefficient (Wildman–Crippen LogP) is 5.13. The van der Waals surface area contributed by atoms with Crippen LogP contribution in [-0.2, 0) is 10.3 Å². The van der Waals surface area contributed by atoms with E-state index in [-0.39, 0.29) is 5.91 Å². The van der Waals surface area contributed by atoms with Crippen molar-refractivity contribution in [2.45, 2.75) is 47.1 Å². The van der Waals surface area contributed by atoms with Gasteiger partial charge in [-0.05, 0) is 58.3 Å². The van der Waals surface area contributed by atoms with Gasteiger partial charge in [0.05, 0.1) is 0 Å². The summed E-state index contributed by atoms with van der Waals surface area (Å²) < 4.78 is 0. The van der Waals surface area contributed by atoms with E-state index >= 15 is 0 Å². The molecule has 0 bridgehead atoms. The summed E-state index contributed by atoms with van der Waals surface area (Å²) in [6.07, 6.45) is 8.15. The Kier molecular flexibility index (Phi) is 5.28. The Hall–Kier alpha value is -2.35. The summed E-state index contributed by atoms with van der Waals surface area (Å²) in [5, 5.41) is 3.26. The molecule has 1 saturated heterocycles. The van der Waals surface area contributed by atoms with Crippen LogP contribution in [0.15, 0.2) is 70.9 Å². The van der Waals surface area contributed by atoms with Crippen LogP contribution in [0.4, 0.5) is 0 Å². The first-order chi connectivity index (χ1) is 11.4. The molecular weight excluding hydrogens is 294 g/mol. The van der Waals surface area contributed by atoms with E-state index in [1.807, 2.05) is 26.0 Å². The number of hydrogen-bond acceptors (Lipinski definition) is 1. The molecule has 1 atom stereocenters. The maximum absolute atomic E-state index is 12.6. The summed E-state index contributed by atoms with van der Waals surface area (Å²) in [6, 6.07) is 8.41. The van der Waals surface area contributed by atoms with E-state index in [1.54, 1.807) is 0 Å². The minimum Gasteiger partial charge on any atom is -0.335 e. The number of carbonyl (C=O) groups excluding carboxylic acids is 1. The van der Waals surface area contributed by atoms with Gasteiger partial charge in [-0.3, -0.25) is 4.79 Å². The largest absolute Gasteiger partial charge is 0.335 e. The fraction of sp³-hybridized carbons (Fsp3) is 0.318. The fourth-order valence-corrected chi connectivity index (χ4v) is 3.27. The van der Waals surface area contributed by atoms with Gasteiger partial charge < -0.3 is 5.32 Å². The molecule has 126 valence electrons. The number of amides is 1. The lowest BCUT2D eigenvalue weighted by atomic mass is 9.76. The molecule has 0 aromatic heterocycles. The Labute approximate surface area is 145 Å². The smallest absolute Gasteiger partial charge is 0.252 e. The van der Waals surface area contributed by atoms with Crippen LogP contribution < -0.4 is 5.32 Å². The Morgan fingerprint density at radius 1 is 1.00 bits per heavy atom. The Morgan fingerprint density at radius 2 is 1.62 bits per heavy atom. The van der Waals surface area contributed by atoms with Gasteiger partial charge in [-0.25, -0.2) is 0 Å². The van der Waals surface area contributed by atoms with Crippen molar-refractivity contribution in [3.63, 3.8) is 0 Å². The van der Waals surface area contributed by atoms with E-state index < -0.39 is 5.54 Å². The van der Waals surface area contributed by atoms with Gasteiger partial charge in [-0.2, -0.15) is 0 Å². The van der Waals surface area contributed by atoms with Gasteiger partial charge in [0.1, 0.15) is 5.54 Å². The van der Waals surface area contributed by atoms with E-state index in [2.05, 4.69) is 69.4 Å². The van der Waals surface area contributed by atoms with Gasteiger partial charge in [-0.15, -0.1) is 0 Å². The second kappa shape index (κ2) is 7.04. The maximum atomic E-state index is 12.6. The Bertz CT molecular complexity index is 756. The van der Waals surface area contributed by atoms with Crippen molar-refractivity contribution in [3.05, 3.63) is 82.0 Å². The standard InChI is InChI=1S/C22H27NO/c1-7-19-20(8-2)22(23-21(19)24,17(6)12-9-15(3)4)18-13-10-16(5)11-14-18/h7-14H,1-6H3,(H,23,24)/b17-12+,19-7+,20-8+. The molecule has 2 heteroatoms. The highest BCUT2D eigenvalue weighted by Gasteiger charge is 2.47. The Balaban J connectivity index is 2.76. The molecule has 1 aliphatic rings. The lowest BCUT2D eigenvalue weighted by molar-refractivity contribution is -0.117. The summed E-state index contributed by atoms with van der Waals surface area (Å²) in [6.45, 7) is 12.2. The summed E-state index contributed by atoms with van der Waals surface area (Å²) in [5.41, 5.74) is 5.79. The third kappa shape index (κ3) is 3.01. The van der Waals surface area contributed by atoms with E-state index in [0.717, 1.165) is 22.3 Å². The van der Waals surface area contributed by atoms with Crippen molar-refractivity contribution in [2.24, 2.45) is 0 Å². The number of rotatable bonds is 3. The molecule has 2 nitrogen and oxygen atoms in total. The molecule has 0 saturated carbocycles. The molecule has 1 aromatic rings. The van der Waals surface area contributed by atoms with Gasteiger partial charge in [-0.1, -0.05) is 59.7 Å². The van der Waals surface area contributed by atoms with Gasteiger partial charge in [0.25, 0.3) is 5.91 Å². The molecule has 24 heavy (non-hydrogen) atoms. The summed E-state index contributed by atoms with van der Waals surface area (Å²) in [4.78, 5) is 12.6. The molecule has 1 fully saturated rings. The third-order valence-corrected chi connectivity index (χ3v) is 4.56. The van der Waals surface area contributed by atoms with Crippen LogP contribution in [0.2, 0.25) is 0 Å². The maximum Gasteiger partial charge on any atom is 0.252 e. The van der Waals surface area contributed by atoms with Gasteiger partial charge in [0, 0.05) is 5.57 Å². The molecule has 1 unspecified atom stereocenters. The fourth-order valence-electron chi connectivity index (χ4n) is 3.27. The van der Waals surface area contributed by atoms with Crippen molar-refractivity contribution in [1.82, 2.24) is 5.32 Å². The molecule has 1 N–H and O–H groups in total. The monoisotopic (exact) mass is 321 g/mol. The van der Waals surface area contributed by atoms with Crippen LogP contribution in [0.3, 0.4) is 0 Å². The van der Waals surface area contributed by atoms with E-state index in [1.165, 1.54) is 11.1 Å². The second-order valence-electron chi connectivity index (χ2n) is 6.57. The number of benzene rings is 1. The SMILES string of the molecule is C/C=C1/C(=O)NC(/C(C)=C/C=C(C)C)(c2ccc(C)cc2)/C1=C/C. The molecule has 0 radical (unpaired) electrons.